The van der Waals surface area contributed by atoms with Crippen LogP contribution in [0, 0.1) is 10.8 Å². The van der Waals surface area contributed by atoms with Gasteiger partial charge >= 0.3 is 5.97 Å². The maximum atomic E-state index is 11.7. The number of hydrogen-bond acceptors (Lipinski definition) is 5. The first-order valence-electron chi connectivity index (χ1n) is 9.48. The van der Waals surface area contributed by atoms with Crippen molar-refractivity contribution in [2.24, 2.45) is 11.5 Å². The highest BCUT2D eigenvalue weighted by molar-refractivity contribution is 6.01. The van der Waals surface area contributed by atoms with Crippen LogP contribution in [-0.4, -0.2) is 29.7 Å². The topological polar surface area (TPSA) is 155 Å². The van der Waals surface area contributed by atoms with E-state index in [1.165, 1.54) is 7.11 Å². The van der Waals surface area contributed by atoms with Gasteiger partial charge in [0.25, 0.3) is 0 Å². The smallest absolute Gasteiger partial charge is 0.373 e. The lowest BCUT2D eigenvalue weighted by molar-refractivity contribution is 0.0563. The average molecular weight is 488 g/mol. The van der Waals surface area contributed by atoms with E-state index in [1.807, 2.05) is 24.3 Å². The van der Waals surface area contributed by atoms with Crippen LogP contribution in [0.15, 0.2) is 59.0 Å². The lowest BCUT2D eigenvalue weighted by Gasteiger charge is -2.06. The summed E-state index contributed by atoms with van der Waals surface area (Å²) >= 11 is 0. The van der Waals surface area contributed by atoms with Crippen LogP contribution >= 0.6 is 24.8 Å². The number of nitrogen functional groups attached to an aromatic ring is 2. The van der Waals surface area contributed by atoms with Crippen molar-refractivity contribution < 1.29 is 13.9 Å². The first-order chi connectivity index (χ1) is 14.9. The van der Waals surface area contributed by atoms with Crippen molar-refractivity contribution in [3.05, 3.63) is 82.8 Å². The summed E-state index contributed by atoms with van der Waals surface area (Å²) in [6.45, 7) is 0. The zero-order chi connectivity index (χ0) is 22.1. The van der Waals surface area contributed by atoms with Crippen molar-refractivity contribution in [2.45, 2.75) is 6.42 Å². The van der Waals surface area contributed by atoms with Crippen LogP contribution in [0.3, 0.4) is 0 Å². The minimum absolute atomic E-state index is 0. The van der Waals surface area contributed by atoms with Gasteiger partial charge in [0.1, 0.15) is 17.4 Å². The zero-order valence-electron chi connectivity index (χ0n) is 17.6. The third-order valence-electron chi connectivity index (χ3n) is 5.10. The molecule has 0 aliphatic heterocycles. The molecule has 2 heterocycles. The number of halogens is 2. The molecular formula is C23H23Cl2N5O3. The standard InChI is InChI=1S/C23H21N5O3.2ClH/c1-30-23(29)19-9-7-15(31-19)11-17-16-8-6-14(22(26)27)10-18(16)28-20(17)12-2-4-13(5-3-12)21(24)25;;/h2-10,28H,11H2,1H3,(H3,24,25)(H3,26,27);2*1H. The Morgan fingerprint density at radius 2 is 1.61 bits per heavy atom. The molecule has 0 aliphatic carbocycles. The Hall–Kier alpha value is -3.75. The molecule has 2 aromatic heterocycles. The van der Waals surface area contributed by atoms with Crippen molar-refractivity contribution in [3.63, 3.8) is 0 Å². The highest BCUT2D eigenvalue weighted by Crippen LogP contribution is 2.33. The quantitative estimate of drug-likeness (QED) is 0.156. The van der Waals surface area contributed by atoms with E-state index in [0.717, 1.165) is 27.7 Å². The number of aromatic amines is 1. The van der Waals surface area contributed by atoms with Gasteiger partial charge in [0, 0.05) is 28.5 Å². The van der Waals surface area contributed by atoms with Crippen molar-refractivity contribution >= 4 is 53.4 Å². The fraction of sp³-hybridized carbons (Fsp3) is 0.0870. The molecule has 0 bridgehead atoms. The minimum Gasteiger partial charge on any atom is -0.463 e. The first-order valence-corrected chi connectivity index (χ1v) is 9.48. The van der Waals surface area contributed by atoms with Crippen LogP contribution in [0.25, 0.3) is 22.2 Å². The third kappa shape index (κ3) is 5.02. The minimum atomic E-state index is -0.531. The van der Waals surface area contributed by atoms with Gasteiger partial charge in [-0.25, -0.2) is 4.79 Å². The molecule has 4 rings (SSSR count). The van der Waals surface area contributed by atoms with Crippen molar-refractivity contribution in [1.82, 2.24) is 4.98 Å². The second-order valence-corrected chi connectivity index (χ2v) is 7.08. The molecule has 10 heteroatoms. The molecule has 0 unspecified atom stereocenters. The number of carbonyl (C=O) groups is 1. The van der Waals surface area contributed by atoms with Gasteiger partial charge in [-0.2, -0.15) is 0 Å². The molecule has 0 fully saturated rings. The summed E-state index contributed by atoms with van der Waals surface area (Å²) in [6, 6.07) is 16.2. The van der Waals surface area contributed by atoms with Crippen molar-refractivity contribution in [1.29, 1.82) is 10.8 Å². The lowest BCUT2D eigenvalue weighted by Crippen LogP contribution is -2.10. The molecule has 172 valence electrons. The van der Waals surface area contributed by atoms with E-state index < -0.39 is 5.97 Å². The molecular weight excluding hydrogens is 465 g/mol. The van der Waals surface area contributed by atoms with Gasteiger partial charge in [0.05, 0.1) is 12.8 Å². The molecule has 0 aliphatic rings. The number of aromatic nitrogens is 1. The van der Waals surface area contributed by atoms with Gasteiger partial charge < -0.3 is 25.6 Å². The van der Waals surface area contributed by atoms with E-state index >= 15 is 0 Å². The maximum Gasteiger partial charge on any atom is 0.373 e. The number of rotatable bonds is 6. The number of esters is 1. The number of hydrogen-bond donors (Lipinski definition) is 5. The highest BCUT2D eigenvalue weighted by Gasteiger charge is 2.18. The molecule has 0 saturated carbocycles. The third-order valence-corrected chi connectivity index (χ3v) is 5.10. The predicted molar refractivity (Wildman–Crippen MR) is 133 cm³/mol. The number of nitrogens with one attached hydrogen (secondary N) is 3. The number of fused-ring (bicyclic) bond motifs is 1. The normalized spacial score (nSPS) is 10.2. The Bertz CT molecular complexity index is 1330. The summed E-state index contributed by atoms with van der Waals surface area (Å²) in [5.41, 5.74) is 16.0. The summed E-state index contributed by atoms with van der Waals surface area (Å²) in [6.07, 6.45) is 0.431. The number of furan rings is 1. The summed E-state index contributed by atoms with van der Waals surface area (Å²) in [7, 11) is 1.31. The molecule has 33 heavy (non-hydrogen) atoms. The summed E-state index contributed by atoms with van der Waals surface area (Å²) in [4.78, 5) is 15.2. The molecule has 7 N–H and O–H groups in total. The Morgan fingerprint density at radius 3 is 2.21 bits per heavy atom. The SMILES string of the molecule is COC(=O)c1ccc(Cc2c(-c3ccc(C(=N)N)cc3)[nH]c3cc(C(=N)N)ccc23)o1.Cl.Cl. The summed E-state index contributed by atoms with van der Waals surface area (Å²) in [5.74, 6) is 0.207. The van der Waals surface area contributed by atoms with Crippen LogP contribution in [-0.2, 0) is 11.2 Å². The molecule has 4 aromatic rings. The van der Waals surface area contributed by atoms with Crippen molar-refractivity contribution in [3.8, 4) is 11.3 Å². The van der Waals surface area contributed by atoms with Gasteiger partial charge in [-0.15, -0.1) is 24.8 Å². The number of H-pyrrole nitrogens is 1. The molecule has 2 aromatic carbocycles. The monoisotopic (exact) mass is 487 g/mol. The van der Waals surface area contributed by atoms with Crippen LogP contribution < -0.4 is 11.5 Å². The number of methoxy groups -OCH3 is 1. The Morgan fingerprint density at radius 1 is 0.970 bits per heavy atom. The zero-order valence-corrected chi connectivity index (χ0v) is 19.2. The number of carbonyl (C=O) groups excluding carboxylic acids is 1. The number of ether oxygens (including phenoxy) is 1. The van der Waals surface area contributed by atoms with E-state index in [1.54, 1.807) is 30.3 Å². The van der Waals surface area contributed by atoms with Crippen LogP contribution in [0.4, 0.5) is 0 Å². The molecule has 0 amide bonds. The number of nitrogens with two attached hydrogens (primary N) is 2. The Kier molecular flexibility index (Phi) is 7.92. The van der Waals surface area contributed by atoms with E-state index in [2.05, 4.69) is 4.98 Å². The second kappa shape index (κ2) is 10.2. The predicted octanol–water partition coefficient (Wildman–Crippen LogP) is 4.22. The fourth-order valence-electron chi connectivity index (χ4n) is 3.53. The maximum absolute atomic E-state index is 11.7. The van der Waals surface area contributed by atoms with Gasteiger partial charge in [-0.3, -0.25) is 10.8 Å². The van der Waals surface area contributed by atoms with Crippen LogP contribution in [0.1, 0.15) is 33.0 Å². The van der Waals surface area contributed by atoms with Gasteiger partial charge in [0.15, 0.2) is 0 Å². The average Bonchev–Trinajstić information content (AvgIpc) is 3.38. The molecule has 0 atom stereocenters. The van der Waals surface area contributed by atoms with E-state index in [4.69, 9.17) is 31.4 Å². The van der Waals surface area contributed by atoms with E-state index in [0.29, 0.717) is 23.3 Å². The van der Waals surface area contributed by atoms with Gasteiger partial charge in [-0.1, -0.05) is 36.4 Å². The largest absolute Gasteiger partial charge is 0.463 e. The first kappa shape index (κ1) is 25.5. The Labute approximate surface area is 202 Å². The second-order valence-electron chi connectivity index (χ2n) is 7.08. The fourth-order valence-corrected chi connectivity index (χ4v) is 3.53. The molecule has 0 saturated heterocycles. The van der Waals surface area contributed by atoms with Gasteiger partial charge in [0.2, 0.25) is 5.76 Å². The number of amidine groups is 2. The van der Waals surface area contributed by atoms with Crippen LogP contribution in [0.2, 0.25) is 0 Å². The van der Waals surface area contributed by atoms with Crippen LogP contribution in [0.5, 0.6) is 0 Å². The number of benzene rings is 2. The van der Waals surface area contributed by atoms with E-state index in [-0.39, 0.29) is 42.2 Å². The molecule has 8 nitrogen and oxygen atoms in total. The summed E-state index contributed by atoms with van der Waals surface area (Å²) < 4.78 is 10.4. The lowest BCUT2D eigenvalue weighted by atomic mass is 10.00. The molecule has 0 radical (unpaired) electrons. The van der Waals surface area contributed by atoms with Gasteiger partial charge in [-0.05, 0) is 29.3 Å². The molecule has 0 spiro atoms. The Balaban J connectivity index is 0.00000193. The van der Waals surface area contributed by atoms with E-state index in [9.17, 15) is 4.79 Å². The summed E-state index contributed by atoms with van der Waals surface area (Å²) in [5, 5.41) is 16.3. The highest BCUT2D eigenvalue weighted by atomic mass is 35.5. The van der Waals surface area contributed by atoms with Crippen molar-refractivity contribution in [2.75, 3.05) is 7.11 Å².